The van der Waals surface area contributed by atoms with Crippen molar-refractivity contribution < 1.29 is 42.2 Å². The maximum absolute atomic E-state index is 14.2. The Hall–Kier alpha value is -4.40. The number of carbonyl (C=O) groups excluding carboxylic acids is 3. The fourth-order valence-corrected chi connectivity index (χ4v) is 8.32. The van der Waals surface area contributed by atoms with Gasteiger partial charge in [-0.05, 0) is 73.6 Å². The van der Waals surface area contributed by atoms with Gasteiger partial charge in [-0.1, -0.05) is 32.4 Å². The highest BCUT2D eigenvalue weighted by atomic mass is 32.2. The van der Waals surface area contributed by atoms with Crippen LogP contribution in [0.4, 0.5) is 4.79 Å². The molecule has 0 radical (unpaired) electrons. The predicted molar refractivity (Wildman–Crippen MR) is 178 cm³/mol. The number of hydrogen-bond acceptors (Lipinski definition) is 9. The van der Waals surface area contributed by atoms with Gasteiger partial charge in [0.15, 0.2) is 0 Å². The number of hydrogen-bond donors (Lipinski definition) is 4. The van der Waals surface area contributed by atoms with E-state index < -0.39 is 68.7 Å². The van der Waals surface area contributed by atoms with Gasteiger partial charge in [0.2, 0.25) is 27.7 Å². The summed E-state index contributed by atoms with van der Waals surface area (Å²) >= 11 is 0. The van der Waals surface area contributed by atoms with Crippen LogP contribution in [-0.4, -0.2) is 89.9 Å². The maximum Gasteiger partial charge on any atom is 0.405 e. The van der Waals surface area contributed by atoms with E-state index in [-0.39, 0.29) is 37.1 Å². The predicted octanol–water partition coefficient (Wildman–Crippen LogP) is 2.72. The van der Waals surface area contributed by atoms with Crippen molar-refractivity contribution in [1.29, 1.82) is 0 Å². The van der Waals surface area contributed by atoms with Gasteiger partial charge in [0.25, 0.3) is 5.91 Å². The first-order valence-electron chi connectivity index (χ1n) is 16.8. The Morgan fingerprint density at radius 3 is 2.59 bits per heavy atom. The van der Waals surface area contributed by atoms with Crippen LogP contribution < -0.4 is 24.8 Å². The first kappa shape index (κ1) is 34.5. The summed E-state index contributed by atoms with van der Waals surface area (Å²) in [4.78, 5) is 59.7. The van der Waals surface area contributed by atoms with Gasteiger partial charge in [-0.25, -0.2) is 18.2 Å². The molecule has 15 heteroatoms. The number of nitrogens with zero attached hydrogens (tertiary/aromatic N) is 2. The largest absolute Gasteiger partial charge is 0.497 e. The normalized spacial score (nSPS) is 31.3. The standard InChI is InChI=1S/C34H43N5O9S/c1-19-5-4-6-20(2)28(36-33(43)44)31(41)39-18-24(48-30-26-12-9-23(47-3)15-21(26)13-14-35-30)16-27(39)29(40)37-34(17-22(34)8-7-19)32(42)38-49(45,46)25-10-11-25/h7-9,12-15,19-20,22,24-25,27-28,36H,4-6,10-11,16-18H2,1-3H3,(H,37,40)(H,38,42)(H,43,44)/b8-7-/t19-,20-,22-,24-,27+,28+,34-/m1/s1. The van der Waals surface area contributed by atoms with Crippen LogP contribution in [0.15, 0.2) is 42.6 Å². The number of amides is 4. The topological polar surface area (TPSA) is 193 Å². The average molecular weight is 698 g/mol. The molecule has 3 fully saturated rings. The van der Waals surface area contributed by atoms with E-state index in [0.717, 1.165) is 11.8 Å². The zero-order chi connectivity index (χ0) is 35.1. The molecule has 6 rings (SSSR count). The lowest BCUT2D eigenvalue weighted by Crippen LogP contribution is -2.59. The molecule has 4 aliphatic rings. The second-order valence-corrected chi connectivity index (χ2v) is 15.8. The first-order chi connectivity index (χ1) is 23.3. The number of benzene rings is 1. The van der Waals surface area contributed by atoms with Gasteiger partial charge in [-0.15, -0.1) is 0 Å². The van der Waals surface area contributed by atoms with Crippen molar-refractivity contribution >= 4 is 44.6 Å². The van der Waals surface area contributed by atoms with Crippen molar-refractivity contribution in [3.05, 3.63) is 42.6 Å². The van der Waals surface area contributed by atoms with Crippen molar-refractivity contribution in [2.45, 2.75) is 87.8 Å². The molecule has 2 aromatic rings. The van der Waals surface area contributed by atoms with Crippen LogP contribution in [0.3, 0.4) is 0 Å². The van der Waals surface area contributed by atoms with Crippen molar-refractivity contribution in [2.24, 2.45) is 17.8 Å². The molecule has 1 aromatic heterocycles. The SMILES string of the molecule is COc1ccc2c(O[C@@H]3C[C@H]4C(=O)N[C@]5(C(=O)NS(=O)(=O)C6CC6)C[C@H]5/C=C\[C@H](C)CCC[C@@H](C)[C@H](NC(=O)O)C(=O)N4C3)nccc2c1. The van der Waals surface area contributed by atoms with Crippen molar-refractivity contribution in [3.63, 3.8) is 0 Å². The molecule has 4 N–H and O–H groups in total. The Kier molecular flexibility index (Phi) is 9.48. The highest BCUT2D eigenvalue weighted by Crippen LogP contribution is 2.46. The fourth-order valence-electron chi connectivity index (χ4n) is 6.96. The molecule has 1 saturated heterocycles. The minimum atomic E-state index is -3.90. The number of sulfonamides is 1. The Labute approximate surface area is 285 Å². The third-order valence-corrected chi connectivity index (χ3v) is 12.0. The van der Waals surface area contributed by atoms with E-state index in [9.17, 15) is 32.7 Å². The number of carboxylic acid groups (broad SMARTS) is 1. The number of aromatic nitrogens is 1. The number of pyridine rings is 1. The Morgan fingerprint density at radius 2 is 1.88 bits per heavy atom. The lowest BCUT2D eigenvalue weighted by molar-refractivity contribution is -0.142. The molecule has 14 nitrogen and oxygen atoms in total. The molecule has 7 atom stereocenters. The zero-order valence-corrected chi connectivity index (χ0v) is 28.6. The second-order valence-electron chi connectivity index (χ2n) is 13.8. The van der Waals surface area contributed by atoms with E-state index in [0.29, 0.717) is 36.8 Å². The Bertz CT molecular complexity index is 1780. The van der Waals surface area contributed by atoms with E-state index in [1.807, 2.05) is 25.1 Å². The third kappa shape index (κ3) is 7.31. The molecule has 0 spiro atoms. The second kappa shape index (κ2) is 13.5. The minimum absolute atomic E-state index is 0.0234. The van der Waals surface area contributed by atoms with Crippen LogP contribution in [0.2, 0.25) is 0 Å². The maximum atomic E-state index is 14.2. The number of methoxy groups -OCH3 is 1. The molecule has 1 aromatic carbocycles. The fraction of sp³-hybridized carbons (Fsp3) is 0.559. The lowest BCUT2D eigenvalue weighted by Gasteiger charge is -2.31. The van der Waals surface area contributed by atoms with Crippen LogP contribution in [0, 0.1) is 17.8 Å². The van der Waals surface area contributed by atoms with Gasteiger partial charge in [-0.2, -0.15) is 0 Å². The van der Waals surface area contributed by atoms with Crippen LogP contribution in [0.5, 0.6) is 11.6 Å². The monoisotopic (exact) mass is 697 g/mol. The number of allylic oxidation sites excluding steroid dienone is 1. The Balaban J connectivity index is 1.33. The molecular formula is C34H43N5O9S. The average Bonchev–Trinajstić information content (AvgIpc) is 3.98. The molecule has 49 heavy (non-hydrogen) atoms. The highest BCUT2D eigenvalue weighted by Gasteiger charge is 2.62. The summed E-state index contributed by atoms with van der Waals surface area (Å²) in [7, 11) is -2.33. The van der Waals surface area contributed by atoms with Gasteiger partial charge >= 0.3 is 6.09 Å². The van der Waals surface area contributed by atoms with Gasteiger partial charge in [0, 0.05) is 23.9 Å². The summed E-state index contributed by atoms with van der Waals surface area (Å²) in [6.45, 7) is 3.76. The molecule has 4 amide bonds. The molecule has 0 bridgehead atoms. The van der Waals surface area contributed by atoms with E-state index >= 15 is 0 Å². The molecule has 3 heterocycles. The first-order valence-corrected chi connectivity index (χ1v) is 18.3. The molecule has 0 unspecified atom stereocenters. The smallest absolute Gasteiger partial charge is 0.405 e. The number of rotatable bonds is 7. The number of nitrogens with one attached hydrogen (secondary N) is 3. The van der Waals surface area contributed by atoms with Crippen molar-refractivity contribution in [2.75, 3.05) is 13.7 Å². The van der Waals surface area contributed by atoms with Gasteiger partial charge in [0.05, 0.1) is 18.9 Å². The van der Waals surface area contributed by atoms with Gasteiger partial charge < -0.3 is 30.1 Å². The van der Waals surface area contributed by atoms with Crippen molar-refractivity contribution in [1.82, 2.24) is 25.2 Å². The summed E-state index contributed by atoms with van der Waals surface area (Å²) < 4.78 is 39.4. The summed E-state index contributed by atoms with van der Waals surface area (Å²) in [5.74, 6) is -1.86. The van der Waals surface area contributed by atoms with E-state index in [2.05, 4.69) is 20.3 Å². The van der Waals surface area contributed by atoms with Crippen LogP contribution in [0.1, 0.15) is 58.8 Å². The highest BCUT2D eigenvalue weighted by molar-refractivity contribution is 7.91. The molecule has 264 valence electrons. The summed E-state index contributed by atoms with van der Waals surface area (Å²) in [6, 6.07) is 4.93. The summed E-state index contributed by atoms with van der Waals surface area (Å²) in [6.07, 6.45) is 6.47. The van der Waals surface area contributed by atoms with Crippen LogP contribution >= 0.6 is 0 Å². The number of carbonyl (C=O) groups is 4. The molecule has 2 aliphatic carbocycles. The zero-order valence-electron chi connectivity index (χ0n) is 27.8. The molecule has 2 saturated carbocycles. The van der Waals surface area contributed by atoms with Crippen LogP contribution in [-0.2, 0) is 24.4 Å². The number of fused-ring (bicyclic) bond motifs is 3. The van der Waals surface area contributed by atoms with Crippen LogP contribution in [0.25, 0.3) is 10.8 Å². The van der Waals surface area contributed by atoms with Gasteiger partial charge in [0.1, 0.15) is 29.5 Å². The minimum Gasteiger partial charge on any atom is -0.497 e. The third-order valence-electron chi connectivity index (χ3n) is 10.1. The molecular weight excluding hydrogens is 654 g/mol. The van der Waals surface area contributed by atoms with Gasteiger partial charge in [-0.3, -0.25) is 19.1 Å². The number of ether oxygens (including phenoxy) is 2. The van der Waals surface area contributed by atoms with Crippen molar-refractivity contribution in [3.8, 4) is 11.6 Å². The van der Waals surface area contributed by atoms with E-state index in [1.165, 1.54) is 4.90 Å². The molecule has 2 aliphatic heterocycles. The Morgan fingerprint density at radius 1 is 1.10 bits per heavy atom. The lowest BCUT2D eigenvalue weighted by atomic mass is 9.92. The quantitative estimate of drug-likeness (QED) is 0.313. The van der Waals surface area contributed by atoms with E-state index in [1.54, 1.807) is 38.4 Å². The summed E-state index contributed by atoms with van der Waals surface area (Å²) in [5.41, 5.74) is -1.52. The van der Waals surface area contributed by atoms with E-state index in [4.69, 9.17) is 9.47 Å². The summed E-state index contributed by atoms with van der Waals surface area (Å²) in [5, 5.41) is 15.8.